The molecule has 2 rings (SSSR count). The molecule has 0 saturated heterocycles. The maximum atomic E-state index is 12.4. The molecule has 1 aromatic heterocycles. The molecule has 0 spiro atoms. The summed E-state index contributed by atoms with van der Waals surface area (Å²) in [5.41, 5.74) is 0.276. The van der Waals surface area contributed by atoms with E-state index in [-0.39, 0.29) is 10.8 Å². The van der Waals surface area contributed by atoms with E-state index >= 15 is 0 Å². The van der Waals surface area contributed by atoms with Crippen LogP contribution in [0.4, 0.5) is 0 Å². The van der Waals surface area contributed by atoms with Gasteiger partial charge >= 0.3 is 0 Å². The Morgan fingerprint density at radius 1 is 1.23 bits per heavy atom. The fourth-order valence-electron chi connectivity index (χ4n) is 2.23. The van der Waals surface area contributed by atoms with Crippen LogP contribution in [0.5, 0.6) is 0 Å². The summed E-state index contributed by atoms with van der Waals surface area (Å²) in [7, 11) is -1.94. The van der Waals surface area contributed by atoms with Crippen molar-refractivity contribution in [2.24, 2.45) is 0 Å². The van der Waals surface area contributed by atoms with Gasteiger partial charge in [0.05, 0.1) is 3.79 Å². The van der Waals surface area contributed by atoms with E-state index in [0.717, 1.165) is 9.35 Å². The van der Waals surface area contributed by atoms with Gasteiger partial charge in [-0.1, -0.05) is 37.3 Å². The van der Waals surface area contributed by atoms with Gasteiger partial charge in [0.25, 0.3) is 0 Å². The minimum Gasteiger partial charge on any atom is -0.372 e. The van der Waals surface area contributed by atoms with E-state index in [0.29, 0.717) is 6.42 Å². The van der Waals surface area contributed by atoms with Gasteiger partial charge in [0, 0.05) is 13.7 Å². The fourth-order valence-corrected chi connectivity index (χ4v) is 5.37. The molecule has 0 saturated carbocycles. The summed E-state index contributed by atoms with van der Waals surface area (Å²) < 4.78 is 34.2. The molecule has 0 aliphatic heterocycles. The first-order valence-electron chi connectivity index (χ1n) is 6.79. The number of thiophene rings is 1. The maximum Gasteiger partial charge on any atom is 0.250 e. The van der Waals surface area contributed by atoms with Crippen molar-refractivity contribution in [2.45, 2.75) is 23.2 Å². The molecule has 1 aromatic carbocycles. The fraction of sp³-hybridized carbons (Fsp3) is 0.333. The molecular weight excluding hydrogens is 386 g/mol. The van der Waals surface area contributed by atoms with E-state index in [1.165, 1.54) is 11.3 Å². The molecule has 0 fully saturated rings. The van der Waals surface area contributed by atoms with E-state index < -0.39 is 15.6 Å². The molecule has 0 amide bonds. The molecule has 1 N–H and O–H groups in total. The van der Waals surface area contributed by atoms with Crippen LogP contribution in [0.15, 0.2) is 50.5 Å². The number of rotatable bonds is 7. The normalized spacial score (nSPS) is 14.7. The zero-order chi connectivity index (χ0) is 16.2. The number of hydrogen-bond donors (Lipinski definition) is 1. The Morgan fingerprint density at radius 2 is 1.91 bits per heavy atom. The second kappa shape index (κ2) is 7.23. The molecule has 22 heavy (non-hydrogen) atoms. The van der Waals surface area contributed by atoms with Gasteiger partial charge in [0.15, 0.2) is 0 Å². The monoisotopic (exact) mass is 403 g/mol. The summed E-state index contributed by atoms with van der Waals surface area (Å²) in [5.74, 6) is 0. The Hall–Kier alpha value is -0.730. The second-order valence-corrected chi connectivity index (χ2v) is 9.26. The Morgan fingerprint density at radius 3 is 2.41 bits per heavy atom. The third-order valence-corrected chi connectivity index (χ3v) is 7.14. The molecule has 1 heterocycles. The quantitative estimate of drug-likeness (QED) is 0.765. The van der Waals surface area contributed by atoms with Gasteiger partial charge in [-0.3, -0.25) is 0 Å². The number of benzene rings is 1. The van der Waals surface area contributed by atoms with Crippen LogP contribution in [0.2, 0.25) is 0 Å². The van der Waals surface area contributed by atoms with Crippen molar-refractivity contribution < 1.29 is 13.2 Å². The summed E-state index contributed by atoms with van der Waals surface area (Å²) in [4.78, 5) is 0. The standard InChI is InChI=1S/C15H18BrNO3S2/c1-3-15(20-2,12-7-5-4-6-8-12)11-17-22(18,19)14-10-9-13(16)21-14/h4-10,17H,3,11H2,1-2H3/t15-/m0/s1. The van der Waals surface area contributed by atoms with Crippen molar-refractivity contribution >= 4 is 37.3 Å². The molecule has 0 radical (unpaired) electrons. The van der Waals surface area contributed by atoms with Gasteiger partial charge in [-0.15, -0.1) is 11.3 Å². The van der Waals surface area contributed by atoms with Crippen LogP contribution in [0.25, 0.3) is 0 Å². The lowest BCUT2D eigenvalue weighted by molar-refractivity contribution is -0.0133. The van der Waals surface area contributed by atoms with Crippen LogP contribution < -0.4 is 4.72 Å². The van der Waals surface area contributed by atoms with Crippen LogP contribution in [0.1, 0.15) is 18.9 Å². The predicted octanol–water partition coefficient (Wildman–Crippen LogP) is 3.74. The summed E-state index contributed by atoms with van der Waals surface area (Å²) in [5, 5.41) is 0. The summed E-state index contributed by atoms with van der Waals surface area (Å²) in [6.45, 7) is 2.16. The Balaban J connectivity index is 2.23. The molecule has 2 aromatic rings. The Kier molecular flexibility index (Phi) is 5.79. The Labute approximate surface area is 143 Å². The van der Waals surface area contributed by atoms with E-state index in [9.17, 15) is 8.42 Å². The van der Waals surface area contributed by atoms with Crippen molar-refractivity contribution in [3.8, 4) is 0 Å². The molecule has 7 heteroatoms. The van der Waals surface area contributed by atoms with Gasteiger partial charge in [-0.2, -0.15) is 0 Å². The average Bonchev–Trinajstić information content (AvgIpc) is 2.97. The first-order valence-corrected chi connectivity index (χ1v) is 9.88. The van der Waals surface area contributed by atoms with Crippen molar-refractivity contribution in [1.29, 1.82) is 0 Å². The van der Waals surface area contributed by atoms with Gasteiger partial charge < -0.3 is 4.74 Å². The summed E-state index contributed by atoms with van der Waals surface area (Å²) in [6.07, 6.45) is 0.657. The van der Waals surface area contributed by atoms with Crippen molar-refractivity contribution in [2.75, 3.05) is 13.7 Å². The minimum atomic E-state index is -3.54. The number of halogens is 1. The summed E-state index contributed by atoms with van der Waals surface area (Å²) >= 11 is 4.46. The van der Waals surface area contributed by atoms with E-state index in [1.54, 1.807) is 19.2 Å². The average molecular weight is 404 g/mol. The maximum absolute atomic E-state index is 12.4. The lowest BCUT2D eigenvalue weighted by Gasteiger charge is -2.32. The Bertz CT molecular complexity index is 709. The second-order valence-electron chi connectivity index (χ2n) is 4.80. The molecule has 120 valence electrons. The number of ether oxygens (including phenoxy) is 1. The van der Waals surface area contributed by atoms with Gasteiger partial charge in [-0.25, -0.2) is 13.1 Å². The molecule has 0 aliphatic rings. The minimum absolute atomic E-state index is 0.182. The highest BCUT2D eigenvalue weighted by Gasteiger charge is 2.32. The molecule has 0 unspecified atom stereocenters. The lowest BCUT2D eigenvalue weighted by atomic mass is 9.91. The third kappa shape index (κ3) is 3.78. The zero-order valence-electron chi connectivity index (χ0n) is 12.4. The van der Waals surface area contributed by atoms with Crippen LogP contribution >= 0.6 is 27.3 Å². The SMILES string of the molecule is CC[C@@](CNS(=O)(=O)c1ccc(Br)s1)(OC)c1ccccc1. The van der Waals surface area contributed by atoms with Crippen LogP contribution in [-0.2, 0) is 20.4 Å². The number of nitrogens with one attached hydrogen (secondary N) is 1. The molecular formula is C15H18BrNO3S2. The predicted molar refractivity (Wildman–Crippen MR) is 92.6 cm³/mol. The lowest BCUT2D eigenvalue weighted by Crippen LogP contribution is -2.41. The number of sulfonamides is 1. The van der Waals surface area contributed by atoms with Crippen molar-refractivity contribution in [3.05, 3.63) is 51.8 Å². The zero-order valence-corrected chi connectivity index (χ0v) is 15.6. The van der Waals surface area contributed by atoms with E-state index in [4.69, 9.17) is 4.74 Å². The largest absolute Gasteiger partial charge is 0.372 e. The van der Waals surface area contributed by atoms with Crippen LogP contribution in [-0.4, -0.2) is 22.1 Å². The smallest absolute Gasteiger partial charge is 0.250 e. The third-order valence-electron chi connectivity index (χ3n) is 3.62. The van der Waals surface area contributed by atoms with Crippen molar-refractivity contribution in [3.63, 3.8) is 0 Å². The molecule has 1 atom stereocenters. The highest BCUT2D eigenvalue weighted by atomic mass is 79.9. The van der Waals surface area contributed by atoms with Gasteiger partial charge in [0.1, 0.15) is 9.81 Å². The van der Waals surface area contributed by atoms with E-state index in [2.05, 4.69) is 20.7 Å². The summed E-state index contributed by atoms with van der Waals surface area (Å²) in [6, 6.07) is 13.0. The van der Waals surface area contributed by atoms with Gasteiger partial charge in [-0.05, 0) is 40.0 Å². The first-order chi connectivity index (χ1) is 10.4. The highest BCUT2D eigenvalue weighted by molar-refractivity contribution is 9.11. The van der Waals surface area contributed by atoms with Crippen LogP contribution in [0, 0.1) is 0 Å². The van der Waals surface area contributed by atoms with Crippen LogP contribution in [0.3, 0.4) is 0 Å². The first kappa shape index (κ1) is 17.6. The van der Waals surface area contributed by atoms with Gasteiger partial charge in [0.2, 0.25) is 10.0 Å². The molecule has 4 nitrogen and oxygen atoms in total. The van der Waals surface area contributed by atoms with E-state index in [1.807, 2.05) is 37.3 Å². The number of methoxy groups -OCH3 is 1. The molecule has 0 aliphatic carbocycles. The molecule has 0 bridgehead atoms. The highest BCUT2D eigenvalue weighted by Crippen LogP contribution is 2.30. The number of hydrogen-bond acceptors (Lipinski definition) is 4. The van der Waals surface area contributed by atoms with Crippen molar-refractivity contribution in [1.82, 2.24) is 4.72 Å². The topological polar surface area (TPSA) is 55.4 Å².